The van der Waals surface area contributed by atoms with E-state index in [1.807, 2.05) is 55.4 Å². The fraction of sp³-hybridized carbons (Fsp3) is 0.690. The number of aliphatic hydroxyl groups is 1. The van der Waals surface area contributed by atoms with Crippen molar-refractivity contribution in [1.29, 1.82) is 0 Å². The molecule has 0 aromatic heterocycles. The maximum atomic E-state index is 14.2. The molecule has 3 amide bonds. The Labute approximate surface area is 225 Å². The van der Waals surface area contributed by atoms with Crippen molar-refractivity contribution in [1.82, 2.24) is 10.2 Å². The first kappa shape index (κ1) is 28.4. The number of likely N-dealkylation sites (tertiary alicyclic amines) is 1. The van der Waals surface area contributed by atoms with Gasteiger partial charge in [-0.3, -0.25) is 14.4 Å². The topological polar surface area (TPSA) is 117 Å². The van der Waals surface area contributed by atoms with Crippen LogP contribution >= 0.6 is 0 Å². The predicted molar refractivity (Wildman–Crippen MR) is 143 cm³/mol. The van der Waals surface area contributed by atoms with Gasteiger partial charge in [-0.2, -0.15) is 0 Å². The highest BCUT2D eigenvalue weighted by molar-refractivity contribution is 6.02. The van der Waals surface area contributed by atoms with E-state index in [9.17, 15) is 19.5 Å². The largest absolute Gasteiger partial charge is 0.494 e. The zero-order valence-corrected chi connectivity index (χ0v) is 23.8. The Morgan fingerprint density at radius 2 is 1.84 bits per heavy atom. The molecule has 9 heteroatoms. The molecule has 2 bridgehead atoms. The Hall–Kier alpha value is -2.65. The minimum absolute atomic E-state index is 0.0702. The molecule has 1 aromatic carbocycles. The summed E-state index contributed by atoms with van der Waals surface area (Å²) in [7, 11) is 0. The summed E-state index contributed by atoms with van der Waals surface area (Å²) in [6, 6.07) is 5.56. The molecule has 3 aliphatic heterocycles. The van der Waals surface area contributed by atoms with Gasteiger partial charge in [-0.15, -0.1) is 0 Å². The maximum absolute atomic E-state index is 14.2. The van der Waals surface area contributed by atoms with Gasteiger partial charge in [0.2, 0.25) is 17.7 Å². The van der Waals surface area contributed by atoms with E-state index in [-0.39, 0.29) is 36.2 Å². The van der Waals surface area contributed by atoms with Crippen molar-refractivity contribution in [3.05, 3.63) is 24.3 Å². The van der Waals surface area contributed by atoms with Crippen LogP contribution in [0.3, 0.4) is 0 Å². The van der Waals surface area contributed by atoms with Gasteiger partial charge in [0.1, 0.15) is 17.4 Å². The van der Waals surface area contributed by atoms with Crippen LogP contribution in [0, 0.1) is 23.7 Å². The second kappa shape index (κ2) is 9.83. The number of amides is 3. The number of hydrogen-bond acceptors (Lipinski definition) is 6. The highest BCUT2D eigenvalue weighted by Gasteiger charge is 2.80. The van der Waals surface area contributed by atoms with Crippen molar-refractivity contribution in [2.45, 2.75) is 90.6 Å². The van der Waals surface area contributed by atoms with Gasteiger partial charge in [0, 0.05) is 11.2 Å². The van der Waals surface area contributed by atoms with Gasteiger partial charge in [-0.1, -0.05) is 20.8 Å². The lowest BCUT2D eigenvalue weighted by molar-refractivity contribution is -0.151. The van der Waals surface area contributed by atoms with E-state index >= 15 is 0 Å². The number of hydrogen-bond donors (Lipinski definition) is 3. The number of aliphatic hydroxyl groups excluding tert-OH is 1. The van der Waals surface area contributed by atoms with Gasteiger partial charge in [0.15, 0.2) is 0 Å². The fourth-order valence-electron chi connectivity index (χ4n) is 6.81. The third kappa shape index (κ3) is 4.47. The molecule has 3 fully saturated rings. The molecule has 4 rings (SSSR count). The van der Waals surface area contributed by atoms with E-state index in [2.05, 4.69) is 10.6 Å². The maximum Gasteiger partial charge on any atom is 0.246 e. The summed E-state index contributed by atoms with van der Waals surface area (Å²) in [5, 5.41) is 16.3. The summed E-state index contributed by atoms with van der Waals surface area (Å²) >= 11 is 0. The monoisotopic (exact) mass is 529 g/mol. The molecule has 210 valence electrons. The van der Waals surface area contributed by atoms with Crippen molar-refractivity contribution in [2.24, 2.45) is 23.7 Å². The van der Waals surface area contributed by atoms with Gasteiger partial charge >= 0.3 is 0 Å². The Bertz CT molecular complexity index is 1080. The van der Waals surface area contributed by atoms with Gasteiger partial charge in [0.25, 0.3) is 0 Å². The molecule has 9 nitrogen and oxygen atoms in total. The second-order valence-electron chi connectivity index (χ2n) is 12.6. The first-order valence-electron chi connectivity index (χ1n) is 13.7. The summed E-state index contributed by atoms with van der Waals surface area (Å²) < 4.78 is 12.2. The highest BCUT2D eigenvalue weighted by Crippen LogP contribution is 2.65. The lowest BCUT2D eigenvalue weighted by Crippen LogP contribution is -2.61. The molecule has 3 saturated heterocycles. The van der Waals surface area contributed by atoms with Crippen LogP contribution in [0.5, 0.6) is 5.75 Å². The van der Waals surface area contributed by atoms with Crippen molar-refractivity contribution in [3.8, 4) is 5.75 Å². The SMILES string of the molecule is CCOc1ccc(NC(=O)[C@H]2[C@H]3C(=O)N([C@@H](CO)C(C)C)C(C(=O)NC(C)(C)C)C34CC(C)[C@]2(C)O4)cc1. The lowest BCUT2D eigenvalue weighted by Gasteiger charge is -2.39. The molecule has 1 spiro atoms. The van der Waals surface area contributed by atoms with E-state index in [0.29, 0.717) is 24.5 Å². The van der Waals surface area contributed by atoms with Crippen LogP contribution in [-0.4, -0.2) is 69.8 Å². The lowest BCUT2D eigenvalue weighted by atomic mass is 9.62. The fourth-order valence-corrected chi connectivity index (χ4v) is 6.81. The van der Waals surface area contributed by atoms with E-state index < -0.39 is 40.7 Å². The third-order valence-corrected chi connectivity index (χ3v) is 8.53. The summed E-state index contributed by atoms with van der Waals surface area (Å²) in [5.41, 5.74) is -2.03. The van der Waals surface area contributed by atoms with Crippen molar-refractivity contribution in [2.75, 3.05) is 18.5 Å². The molecule has 0 saturated carbocycles. The van der Waals surface area contributed by atoms with Gasteiger partial charge < -0.3 is 30.1 Å². The van der Waals surface area contributed by atoms with Gasteiger partial charge in [-0.05, 0) is 77.1 Å². The first-order valence-corrected chi connectivity index (χ1v) is 13.7. The van der Waals surface area contributed by atoms with E-state index in [1.165, 1.54) is 4.90 Å². The zero-order chi connectivity index (χ0) is 28.2. The minimum atomic E-state index is -1.16. The number of carbonyl (C=O) groups excluding carboxylic acids is 3. The molecule has 3 aliphatic rings. The molecule has 3 unspecified atom stereocenters. The van der Waals surface area contributed by atoms with Crippen LogP contribution in [0.25, 0.3) is 0 Å². The zero-order valence-electron chi connectivity index (χ0n) is 23.8. The number of benzene rings is 1. The Balaban J connectivity index is 1.75. The van der Waals surface area contributed by atoms with Crippen LogP contribution in [0.1, 0.15) is 61.8 Å². The number of fused-ring (bicyclic) bond motifs is 1. The molecule has 0 aliphatic carbocycles. The van der Waals surface area contributed by atoms with Crippen LogP contribution < -0.4 is 15.4 Å². The van der Waals surface area contributed by atoms with Crippen LogP contribution in [0.2, 0.25) is 0 Å². The smallest absolute Gasteiger partial charge is 0.246 e. The number of nitrogens with zero attached hydrogens (tertiary/aromatic N) is 1. The molecule has 7 atom stereocenters. The van der Waals surface area contributed by atoms with Crippen LogP contribution in [0.15, 0.2) is 24.3 Å². The summed E-state index contributed by atoms with van der Waals surface area (Å²) in [6.45, 7) is 15.5. The van der Waals surface area contributed by atoms with Crippen molar-refractivity contribution in [3.63, 3.8) is 0 Å². The average molecular weight is 530 g/mol. The van der Waals surface area contributed by atoms with Crippen LogP contribution in [0.4, 0.5) is 5.69 Å². The molecular formula is C29H43N3O6. The van der Waals surface area contributed by atoms with Crippen LogP contribution in [-0.2, 0) is 19.1 Å². The average Bonchev–Trinajstić information content (AvgIpc) is 3.31. The Morgan fingerprint density at radius 3 is 2.37 bits per heavy atom. The molecule has 38 heavy (non-hydrogen) atoms. The van der Waals surface area contributed by atoms with Gasteiger partial charge in [-0.25, -0.2) is 0 Å². The summed E-state index contributed by atoms with van der Waals surface area (Å²) in [4.78, 5) is 43.5. The van der Waals surface area contributed by atoms with Crippen molar-refractivity contribution >= 4 is 23.4 Å². The molecule has 3 N–H and O–H groups in total. The number of ether oxygens (including phenoxy) is 2. The molecule has 0 radical (unpaired) electrons. The first-order chi connectivity index (χ1) is 17.7. The molecular weight excluding hydrogens is 486 g/mol. The number of nitrogens with one attached hydrogen (secondary N) is 2. The van der Waals surface area contributed by atoms with Crippen molar-refractivity contribution < 1.29 is 29.0 Å². The summed E-state index contributed by atoms with van der Waals surface area (Å²) in [6.07, 6.45) is 0.474. The Kier molecular flexibility index (Phi) is 7.33. The van der Waals surface area contributed by atoms with E-state index in [4.69, 9.17) is 9.47 Å². The predicted octanol–water partition coefficient (Wildman–Crippen LogP) is 2.97. The number of anilines is 1. The highest BCUT2D eigenvalue weighted by atomic mass is 16.5. The second-order valence-corrected chi connectivity index (χ2v) is 12.6. The number of carbonyl (C=O) groups is 3. The van der Waals surface area contributed by atoms with Gasteiger partial charge in [0.05, 0.1) is 36.7 Å². The Morgan fingerprint density at radius 1 is 1.21 bits per heavy atom. The molecule has 1 aromatic rings. The molecule has 3 heterocycles. The number of rotatable bonds is 8. The standard InChI is InChI=1S/C29H43N3O6/c1-9-37-19-12-10-18(11-13-19)30-24(34)21-22-26(36)32(20(15-33)16(2)3)23(25(35)31-27(5,6)7)29(22)14-17(4)28(21,8)38-29/h10-13,16-17,20-23,33H,9,14-15H2,1-8H3,(H,30,34)(H,31,35)/t17?,20-,21+,22-,23?,28-,29?/m0/s1. The normalized spacial score (nSPS) is 32.9. The quantitative estimate of drug-likeness (QED) is 0.477. The third-order valence-electron chi connectivity index (χ3n) is 8.53. The van der Waals surface area contributed by atoms with E-state index in [0.717, 1.165) is 0 Å². The summed E-state index contributed by atoms with van der Waals surface area (Å²) in [5.74, 6) is -2.06. The minimum Gasteiger partial charge on any atom is -0.494 e. The van der Waals surface area contributed by atoms with E-state index in [1.54, 1.807) is 24.3 Å².